The van der Waals surface area contributed by atoms with Crippen LogP contribution in [0.2, 0.25) is 0 Å². The Labute approximate surface area is 195 Å². The standard InChI is InChI=1S/C26H34N2O5/c1-4-5-11-20(19-12-13-23(31-2)24(16-19)32-3)25(29)33-22-14-15-28(26(27)30)17-21(22)18-9-7-6-8-10-18/h6-10,12-13,16,20-22H,4-5,11,14-15,17H2,1-3H3,(H2,27,30). The summed E-state index contributed by atoms with van der Waals surface area (Å²) in [5.74, 6) is 0.408. The number of nitrogens with two attached hydrogens (primary N) is 1. The zero-order chi connectivity index (χ0) is 23.8. The van der Waals surface area contributed by atoms with Crippen molar-refractivity contribution in [1.82, 2.24) is 4.90 Å². The number of unbranched alkanes of at least 4 members (excludes halogenated alkanes) is 1. The van der Waals surface area contributed by atoms with Crippen molar-refractivity contribution in [1.29, 1.82) is 0 Å². The lowest BCUT2D eigenvalue weighted by Crippen LogP contribution is -2.48. The highest BCUT2D eigenvalue weighted by Crippen LogP contribution is 2.35. The van der Waals surface area contributed by atoms with E-state index in [4.69, 9.17) is 19.9 Å². The number of hydrogen-bond acceptors (Lipinski definition) is 5. The van der Waals surface area contributed by atoms with Crippen LogP contribution in [0.5, 0.6) is 11.5 Å². The molecule has 178 valence electrons. The second kappa shape index (κ2) is 11.6. The quantitative estimate of drug-likeness (QED) is 0.565. The molecule has 1 saturated heterocycles. The second-order valence-corrected chi connectivity index (χ2v) is 8.37. The van der Waals surface area contributed by atoms with Gasteiger partial charge in [0.2, 0.25) is 0 Å². The van der Waals surface area contributed by atoms with E-state index in [1.54, 1.807) is 19.1 Å². The zero-order valence-corrected chi connectivity index (χ0v) is 19.7. The molecule has 0 radical (unpaired) electrons. The summed E-state index contributed by atoms with van der Waals surface area (Å²) in [6.45, 7) is 2.99. The first-order valence-corrected chi connectivity index (χ1v) is 11.5. The van der Waals surface area contributed by atoms with Crippen LogP contribution >= 0.6 is 0 Å². The summed E-state index contributed by atoms with van der Waals surface area (Å²) in [7, 11) is 3.17. The molecule has 3 atom stereocenters. The minimum atomic E-state index is -0.452. The van der Waals surface area contributed by atoms with E-state index in [2.05, 4.69) is 6.92 Å². The molecule has 2 amide bonds. The average Bonchev–Trinajstić information content (AvgIpc) is 2.84. The van der Waals surface area contributed by atoms with Gasteiger partial charge in [-0.3, -0.25) is 4.79 Å². The number of hydrogen-bond donors (Lipinski definition) is 1. The normalized spacial score (nSPS) is 18.9. The van der Waals surface area contributed by atoms with Gasteiger partial charge in [0.25, 0.3) is 0 Å². The van der Waals surface area contributed by atoms with Crippen molar-refractivity contribution in [2.24, 2.45) is 5.73 Å². The summed E-state index contributed by atoms with van der Waals surface area (Å²) in [6, 6.07) is 15.0. The topological polar surface area (TPSA) is 91.1 Å². The maximum absolute atomic E-state index is 13.5. The molecule has 2 N–H and O–H groups in total. The van der Waals surface area contributed by atoms with Gasteiger partial charge < -0.3 is 24.8 Å². The number of esters is 1. The lowest BCUT2D eigenvalue weighted by Gasteiger charge is -2.38. The first-order chi connectivity index (χ1) is 16.0. The fourth-order valence-corrected chi connectivity index (χ4v) is 4.42. The summed E-state index contributed by atoms with van der Waals surface area (Å²) in [5.41, 5.74) is 7.41. The van der Waals surface area contributed by atoms with Gasteiger partial charge in [0, 0.05) is 25.4 Å². The minimum absolute atomic E-state index is 0.131. The molecule has 0 bridgehead atoms. The van der Waals surface area contributed by atoms with Crippen molar-refractivity contribution < 1.29 is 23.8 Å². The summed E-state index contributed by atoms with van der Waals surface area (Å²) >= 11 is 0. The number of piperidine rings is 1. The first-order valence-electron chi connectivity index (χ1n) is 11.5. The molecule has 1 aliphatic heterocycles. The van der Waals surface area contributed by atoms with Crippen LogP contribution in [0.1, 0.15) is 55.6 Å². The molecule has 7 nitrogen and oxygen atoms in total. The maximum Gasteiger partial charge on any atom is 0.314 e. The van der Waals surface area contributed by atoms with Crippen molar-refractivity contribution in [3.05, 3.63) is 59.7 Å². The SMILES string of the molecule is CCCCC(C(=O)OC1CCN(C(N)=O)CC1c1ccccc1)c1ccc(OC)c(OC)c1. The molecule has 3 unspecified atom stereocenters. The van der Waals surface area contributed by atoms with Crippen LogP contribution in [0.3, 0.4) is 0 Å². The molecule has 1 fully saturated rings. The van der Waals surface area contributed by atoms with Crippen molar-refractivity contribution >= 4 is 12.0 Å². The molecule has 0 aromatic heterocycles. The molecule has 7 heteroatoms. The molecular formula is C26H34N2O5. The molecule has 33 heavy (non-hydrogen) atoms. The number of carbonyl (C=O) groups is 2. The Morgan fingerprint density at radius 1 is 1.09 bits per heavy atom. The third-order valence-electron chi connectivity index (χ3n) is 6.30. The van der Waals surface area contributed by atoms with Crippen molar-refractivity contribution in [3.8, 4) is 11.5 Å². The van der Waals surface area contributed by atoms with Crippen LogP contribution in [-0.4, -0.2) is 50.3 Å². The second-order valence-electron chi connectivity index (χ2n) is 8.37. The lowest BCUT2D eigenvalue weighted by molar-refractivity contribution is -0.154. The van der Waals surface area contributed by atoms with Gasteiger partial charge in [-0.1, -0.05) is 56.2 Å². The Morgan fingerprint density at radius 2 is 1.82 bits per heavy atom. The number of rotatable bonds is 9. The third kappa shape index (κ3) is 5.97. The van der Waals surface area contributed by atoms with E-state index in [1.807, 2.05) is 48.5 Å². The van der Waals surface area contributed by atoms with E-state index >= 15 is 0 Å². The van der Waals surface area contributed by atoms with E-state index in [9.17, 15) is 9.59 Å². The number of benzene rings is 2. The first kappa shape index (κ1) is 24.4. The van der Waals surface area contributed by atoms with Gasteiger partial charge in [0.1, 0.15) is 6.10 Å². The van der Waals surface area contributed by atoms with Gasteiger partial charge in [-0.05, 0) is 29.7 Å². The number of carbonyl (C=O) groups excluding carboxylic acids is 2. The zero-order valence-electron chi connectivity index (χ0n) is 19.7. The summed E-state index contributed by atoms with van der Waals surface area (Å²) in [5, 5.41) is 0. The van der Waals surface area contributed by atoms with Gasteiger partial charge in [-0.25, -0.2) is 4.79 Å². The van der Waals surface area contributed by atoms with Gasteiger partial charge in [-0.15, -0.1) is 0 Å². The number of primary amides is 1. The van der Waals surface area contributed by atoms with Crippen LogP contribution < -0.4 is 15.2 Å². The smallest absolute Gasteiger partial charge is 0.314 e. The Bertz CT molecular complexity index is 934. The summed E-state index contributed by atoms with van der Waals surface area (Å²) in [6.07, 6.45) is 2.76. The molecule has 1 aliphatic rings. The monoisotopic (exact) mass is 454 g/mol. The van der Waals surface area contributed by atoms with Crippen LogP contribution in [0.25, 0.3) is 0 Å². The molecule has 0 saturated carbocycles. The largest absolute Gasteiger partial charge is 0.493 e. The van der Waals surface area contributed by atoms with E-state index in [1.165, 1.54) is 0 Å². The summed E-state index contributed by atoms with van der Waals surface area (Å²) in [4.78, 5) is 26.9. The van der Waals surface area contributed by atoms with Crippen LogP contribution in [-0.2, 0) is 9.53 Å². The van der Waals surface area contributed by atoms with Gasteiger partial charge in [-0.2, -0.15) is 0 Å². The van der Waals surface area contributed by atoms with Crippen LogP contribution in [0.15, 0.2) is 48.5 Å². The fourth-order valence-electron chi connectivity index (χ4n) is 4.42. The molecule has 2 aromatic rings. The number of nitrogens with zero attached hydrogens (tertiary/aromatic N) is 1. The van der Waals surface area contributed by atoms with Crippen LogP contribution in [0, 0.1) is 0 Å². The number of amides is 2. The molecule has 0 spiro atoms. The Kier molecular flexibility index (Phi) is 8.58. The predicted molar refractivity (Wildman–Crippen MR) is 127 cm³/mol. The van der Waals surface area contributed by atoms with E-state index in [0.29, 0.717) is 37.4 Å². The van der Waals surface area contributed by atoms with Gasteiger partial charge in [0.15, 0.2) is 11.5 Å². The highest BCUT2D eigenvalue weighted by molar-refractivity contribution is 5.79. The average molecular weight is 455 g/mol. The van der Waals surface area contributed by atoms with Crippen molar-refractivity contribution in [2.45, 2.75) is 50.5 Å². The Balaban J connectivity index is 1.84. The number of urea groups is 1. The van der Waals surface area contributed by atoms with E-state index in [-0.39, 0.29) is 18.0 Å². The fraction of sp³-hybridized carbons (Fsp3) is 0.462. The highest BCUT2D eigenvalue weighted by atomic mass is 16.5. The molecule has 3 rings (SSSR count). The predicted octanol–water partition coefficient (Wildman–Crippen LogP) is 4.46. The van der Waals surface area contributed by atoms with E-state index in [0.717, 1.165) is 24.0 Å². The van der Waals surface area contributed by atoms with Crippen molar-refractivity contribution in [3.63, 3.8) is 0 Å². The molecule has 0 aliphatic carbocycles. The number of likely N-dealkylation sites (tertiary alicyclic amines) is 1. The number of methoxy groups -OCH3 is 2. The van der Waals surface area contributed by atoms with E-state index < -0.39 is 11.9 Å². The lowest BCUT2D eigenvalue weighted by atomic mass is 9.87. The molecular weight excluding hydrogens is 420 g/mol. The Morgan fingerprint density at radius 3 is 2.45 bits per heavy atom. The molecule has 2 aromatic carbocycles. The van der Waals surface area contributed by atoms with Gasteiger partial charge >= 0.3 is 12.0 Å². The molecule has 1 heterocycles. The van der Waals surface area contributed by atoms with Crippen molar-refractivity contribution in [2.75, 3.05) is 27.3 Å². The number of ether oxygens (including phenoxy) is 3. The third-order valence-corrected chi connectivity index (χ3v) is 6.30. The maximum atomic E-state index is 13.5. The van der Waals surface area contributed by atoms with Crippen LogP contribution in [0.4, 0.5) is 4.79 Å². The minimum Gasteiger partial charge on any atom is -0.493 e. The Hall–Kier alpha value is -3.22. The highest BCUT2D eigenvalue weighted by Gasteiger charge is 2.36. The summed E-state index contributed by atoms with van der Waals surface area (Å²) < 4.78 is 16.9. The van der Waals surface area contributed by atoms with Gasteiger partial charge in [0.05, 0.1) is 20.1 Å².